The van der Waals surface area contributed by atoms with E-state index in [0.717, 1.165) is 23.5 Å². The van der Waals surface area contributed by atoms with Crippen molar-refractivity contribution >= 4 is 40.5 Å². The average Bonchev–Trinajstić information content (AvgIpc) is 3.17. The van der Waals surface area contributed by atoms with E-state index in [1.54, 1.807) is 17.0 Å². The summed E-state index contributed by atoms with van der Waals surface area (Å²) in [6.45, 7) is 0.968. The Labute approximate surface area is 180 Å². The van der Waals surface area contributed by atoms with E-state index in [-0.39, 0.29) is 56.3 Å². The quantitative estimate of drug-likeness (QED) is 0.625. The number of nitrogens with zero attached hydrogens (tertiary/aromatic N) is 2. The molecular weight excluding hydrogens is 441 g/mol. The SMILES string of the molecule is O=C(CCC(=O)N1CCN(C(=O)c2cccc(C(F)(F)F)c2)CC1)c1ccc(Cl)s1. The minimum absolute atomic E-state index is 0.0372. The van der Waals surface area contributed by atoms with Gasteiger partial charge in [0.2, 0.25) is 5.91 Å². The zero-order valence-corrected chi connectivity index (χ0v) is 17.3. The lowest BCUT2D eigenvalue weighted by Crippen LogP contribution is -2.50. The lowest BCUT2D eigenvalue weighted by Gasteiger charge is -2.35. The fourth-order valence-electron chi connectivity index (χ4n) is 3.14. The number of benzene rings is 1. The van der Waals surface area contributed by atoms with Crippen molar-refractivity contribution < 1.29 is 27.6 Å². The molecule has 0 aliphatic carbocycles. The summed E-state index contributed by atoms with van der Waals surface area (Å²) in [6.07, 6.45) is -4.40. The highest BCUT2D eigenvalue weighted by molar-refractivity contribution is 7.18. The van der Waals surface area contributed by atoms with Crippen LogP contribution in [0.5, 0.6) is 0 Å². The maximum atomic E-state index is 12.9. The number of carbonyl (C=O) groups excluding carboxylic acids is 3. The summed E-state index contributed by atoms with van der Waals surface area (Å²) in [7, 11) is 0. The molecule has 160 valence electrons. The molecule has 0 unspecified atom stereocenters. The molecule has 1 aromatic carbocycles. The first-order chi connectivity index (χ1) is 14.1. The normalized spacial score (nSPS) is 14.7. The molecule has 0 bridgehead atoms. The highest BCUT2D eigenvalue weighted by Crippen LogP contribution is 2.30. The summed E-state index contributed by atoms with van der Waals surface area (Å²) in [5, 5.41) is 0. The number of amides is 2. The third kappa shape index (κ3) is 5.40. The van der Waals surface area contributed by atoms with Gasteiger partial charge >= 0.3 is 6.18 Å². The van der Waals surface area contributed by atoms with Crippen LogP contribution < -0.4 is 0 Å². The van der Waals surface area contributed by atoms with E-state index >= 15 is 0 Å². The predicted molar refractivity (Wildman–Crippen MR) is 107 cm³/mol. The largest absolute Gasteiger partial charge is 0.416 e. The number of ketones is 1. The number of rotatable bonds is 5. The van der Waals surface area contributed by atoms with Crippen LogP contribution in [0.3, 0.4) is 0 Å². The molecule has 1 aliphatic rings. The fourth-order valence-corrected chi connectivity index (χ4v) is 4.15. The lowest BCUT2D eigenvalue weighted by molar-refractivity contribution is -0.137. The van der Waals surface area contributed by atoms with Crippen LogP contribution in [-0.2, 0) is 11.0 Å². The molecule has 0 radical (unpaired) electrons. The van der Waals surface area contributed by atoms with Crippen LogP contribution in [0, 0.1) is 0 Å². The summed E-state index contributed by atoms with van der Waals surface area (Å²) in [4.78, 5) is 40.5. The first-order valence-electron chi connectivity index (χ1n) is 9.18. The second-order valence-electron chi connectivity index (χ2n) is 6.78. The van der Waals surface area contributed by atoms with E-state index in [1.807, 2.05) is 0 Å². The molecule has 10 heteroatoms. The molecule has 2 aromatic rings. The average molecular weight is 459 g/mol. The van der Waals surface area contributed by atoms with Crippen molar-refractivity contribution in [1.29, 1.82) is 0 Å². The van der Waals surface area contributed by atoms with Crippen LogP contribution >= 0.6 is 22.9 Å². The summed E-state index contributed by atoms with van der Waals surface area (Å²) in [5.41, 5.74) is -0.913. The monoisotopic (exact) mass is 458 g/mol. The van der Waals surface area contributed by atoms with Crippen LogP contribution in [0.1, 0.15) is 38.4 Å². The molecule has 0 atom stereocenters. The number of carbonyl (C=O) groups is 3. The van der Waals surface area contributed by atoms with Crippen LogP contribution in [0.2, 0.25) is 4.34 Å². The van der Waals surface area contributed by atoms with Crippen molar-refractivity contribution in [3.8, 4) is 0 Å². The molecule has 0 saturated carbocycles. The number of halogens is 4. The van der Waals surface area contributed by atoms with E-state index in [1.165, 1.54) is 17.0 Å². The molecular formula is C20H18ClF3N2O3S. The van der Waals surface area contributed by atoms with Gasteiger partial charge in [-0.2, -0.15) is 13.2 Å². The van der Waals surface area contributed by atoms with Crippen molar-refractivity contribution in [2.24, 2.45) is 0 Å². The van der Waals surface area contributed by atoms with E-state index in [9.17, 15) is 27.6 Å². The highest BCUT2D eigenvalue weighted by Gasteiger charge is 2.32. The Bertz CT molecular complexity index is 953. The van der Waals surface area contributed by atoms with Crippen LogP contribution in [0.25, 0.3) is 0 Å². The third-order valence-electron chi connectivity index (χ3n) is 4.77. The summed E-state index contributed by atoms with van der Waals surface area (Å²) >= 11 is 6.97. The molecule has 1 aromatic heterocycles. The summed E-state index contributed by atoms with van der Waals surface area (Å²) in [6, 6.07) is 7.55. The zero-order valence-electron chi connectivity index (χ0n) is 15.7. The molecule has 0 spiro atoms. The van der Waals surface area contributed by atoms with Gasteiger partial charge in [0.25, 0.3) is 5.91 Å². The molecule has 2 amide bonds. The van der Waals surface area contributed by atoms with Gasteiger partial charge in [-0.15, -0.1) is 11.3 Å². The van der Waals surface area contributed by atoms with Gasteiger partial charge in [0, 0.05) is 44.6 Å². The Hall–Kier alpha value is -2.39. The molecule has 30 heavy (non-hydrogen) atoms. The number of hydrogen-bond acceptors (Lipinski definition) is 4. The van der Waals surface area contributed by atoms with Crippen molar-refractivity contribution in [2.75, 3.05) is 26.2 Å². The minimum Gasteiger partial charge on any atom is -0.339 e. The Morgan fingerprint density at radius 1 is 0.967 bits per heavy atom. The van der Waals surface area contributed by atoms with Gasteiger partial charge in [0.15, 0.2) is 5.78 Å². The first-order valence-corrected chi connectivity index (χ1v) is 10.4. The van der Waals surface area contributed by atoms with Crippen molar-refractivity contribution in [3.63, 3.8) is 0 Å². The first kappa shape index (κ1) is 22.3. The molecule has 1 saturated heterocycles. The van der Waals surface area contributed by atoms with E-state index in [4.69, 9.17) is 11.6 Å². The van der Waals surface area contributed by atoms with Crippen LogP contribution in [0.15, 0.2) is 36.4 Å². The van der Waals surface area contributed by atoms with Crippen molar-refractivity contribution in [3.05, 3.63) is 56.7 Å². The van der Waals surface area contributed by atoms with Gasteiger partial charge in [0.05, 0.1) is 14.8 Å². The number of hydrogen-bond donors (Lipinski definition) is 0. The van der Waals surface area contributed by atoms with Crippen LogP contribution in [-0.4, -0.2) is 53.6 Å². The van der Waals surface area contributed by atoms with Gasteiger partial charge in [-0.25, -0.2) is 0 Å². The Morgan fingerprint density at radius 2 is 1.63 bits per heavy atom. The maximum Gasteiger partial charge on any atom is 0.416 e. The van der Waals surface area contributed by atoms with Gasteiger partial charge in [-0.05, 0) is 30.3 Å². The molecule has 1 fully saturated rings. The molecule has 1 aliphatic heterocycles. The highest BCUT2D eigenvalue weighted by atomic mass is 35.5. The second kappa shape index (κ2) is 9.18. The van der Waals surface area contributed by atoms with Gasteiger partial charge in [0.1, 0.15) is 0 Å². The van der Waals surface area contributed by atoms with Crippen LogP contribution in [0.4, 0.5) is 13.2 Å². The van der Waals surface area contributed by atoms with E-state index in [0.29, 0.717) is 9.21 Å². The number of piperazine rings is 1. The Morgan fingerprint density at radius 3 is 2.23 bits per heavy atom. The predicted octanol–water partition coefficient (Wildman–Crippen LogP) is 4.37. The van der Waals surface area contributed by atoms with E-state index in [2.05, 4.69) is 0 Å². The van der Waals surface area contributed by atoms with Crippen molar-refractivity contribution in [1.82, 2.24) is 9.80 Å². The Kier molecular flexibility index (Phi) is 6.82. The molecule has 3 rings (SSSR count). The minimum atomic E-state index is -4.52. The third-order valence-corrected chi connectivity index (χ3v) is 6.04. The van der Waals surface area contributed by atoms with Gasteiger partial charge in [-0.3, -0.25) is 14.4 Å². The fraction of sp³-hybridized carbons (Fsp3) is 0.350. The maximum absolute atomic E-state index is 12.9. The standard InChI is InChI=1S/C20H18ClF3N2O3S/c21-17-6-5-16(30-17)15(27)4-7-18(28)25-8-10-26(11-9-25)19(29)13-2-1-3-14(12-13)20(22,23)24/h1-3,5-6,12H,4,7-11H2. The Balaban J connectivity index is 1.51. The van der Waals surface area contributed by atoms with E-state index < -0.39 is 17.6 Å². The second-order valence-corrected chi connectivity index (χ2v) is 8.49. The number of alkyl halides is 3. The molecule has 2 heterocycles. The number of thiophene rings is 1. The topological polar surface area (TPSA) is 57.7 Å². The molecule has 0 N–H and O–H groups in total. The lowest BCUT2D eigenvalue weighted by atomic mass is 10.1. The summed E-state index contributed by atoms with van der Waals surface area (Å²) < 4.78 is 39.1. The summed E-state index contributed by atoms with van der Waals surface area (Å²) in [5.74, 6) is -0.853. The smallest absolute Gasteiger partial charge is 0.339 e. The van der Waals surface area contributed by atoms with Gasteiger partial charge < -0.3 is 9.80 Å². The van der Waals surface area contributed by atoms with Gasteiger partial charge in [-0.1, -0.05) is 17.7 Å². The number of Topliss-reactive ketones (excluding diaryl/α,β-unsaturated/α-hetero) is 1. The molecule has 5 nitrogen and oxygen atoms in total. The van der Waals surface area contributed by atoms with Crippen molar-refractivity contribution in [2.45, 2.75) is 19.0 Å². The zero-order chi connectivity index (χ0) is 21.9.